The van der Waals surface area contributed by atoms with Crippen LogP contribution in [0.2, 0.25) is 5.02 Å². The lowest BCUT2D eigenvalue weighted by Gasteiger charge is -2.56. The number of fused-ring (bicyclic) bond motifs is 1. The van der Waals surface area contributed by atoms with Gasteiger partial charge in [-0.25, -0.2) is 4.68 Å². The zero-order valence-electron chi connectivity index (χ0n) is 16.0. The fraction of sp³-hybridized carbons (Fsp3) is 0.591. The van der Waals surface area contributed by atoms with Crippen LogP contribution < -0.4 is 5.32 Å². The Labute approximate surface area is 172 Å². The van der Waals surface area contributed by atoms with Gasteiger partial charge in [0.25, 0.3) is 0 Å². The molecule has 1 aromatic carbocycles. The van der Waals surface area contributed by atoms with Crippen molar-refractivity contribution in [2.45, 2.75) is 56.5 Å². The number of anilines is 1. The minimum Gasteiger partial charge on any atom is -0.369 e. The largest absolute Gasteiger partial charge is 0.416 e. The third-order valence-corrected chi connectivity index (χ3v) is 8.01. The van der Waals surface area contributed by atoms with E-state index >= 15 is 0 Å². The molecular formula is C22H23ClF3N3. The quantitative estimate of drug-likeness (QED) is 0.646. The molecule has 2 heterocycles. The molecule has 29 heavy (non-hydrogen) atoms. The molecule has 7 heteroatoms. The van der Waals surface area contributed by atoms with Gasteiger partial charge in [-0.1, -0.05) is 11.6 Å². The first-order chi connectivity index (χ1) is 13.8. The van der Waals surface area contributed by atoms with Crippen molar-refractivity contribution in [3.8, 4) is 5.69 Å². The van der Waals surface area contributed by atoms with E-state index in [0.29, 0.717) is 5.69 Å². The van der Waals surface area contributed by atoms with Crippen molar-refractivity contribution in [1.82, 2.24) is 9.78 Å². The van der Waals surface area contributed by atoms with Crippen LogP contribution in [0.1, 0.15) is 55.3 Å². The van der Waals surface area contributed by atoms with Gasteiger partial charge in [0.05, 0.1) is 22.0 Å². The fourth-order valence-corrected chi connectivity index (χ4v) is 7.22. The Hall–Kier alpha value is -1.69. The number of aromatic nitrogens is 2. The van der Waals surface area contributed by atoms with E-state index < -0.39 is 11.7 Å². The number of benzene rings is 1. The normalized spacial score (nSPS) is 32.5. The molecule has 0 amide bonds. The van der Waals surface area contributed by atoms with Gasteiger partial charge in [0.1, 0.15) is 5.82 Å². The summed E-state index contributed by atoms with van der Waals surface area (Å²) in [6.07, 6.45) is 4.05. The first-order valence-electron chi connectivity index (χ1n) is 10.6. The van der Waals surface area contributed by atoms with Crippen molar-refractivity contribution in [2.75, 3.05) is 11.9 Å². The maximum atomic E-state index is 13.3. The smallest absolute Gasteiger partial charge is 0.369 e. The van der Waals surface area contributed by atoms with Gasteiger partial charge in [0, 0.05) is 17.5 Å². The van der Waals surface area contributed by atoms with Crippen LogP contribution in [-0.2, 0) is 18.0 Å². The lowest BCUT2D eigenvalue weighted by Crippen LogP contribution is -2.49. The SMILES string of the molecule is FC(F)(F)c1ccc(Cl)c(-n2nc(C34CC5CC(CC(C5)C3)C4)c3c2NCC3)c1. The number of nitrogens with zero attached hydrogens (tertiary/aromatic N) is 2. The van der Waals surface area contributed by atoms with Gasteiger partial charge < -0.3 is 5.32 Å². The first-order valence-corrected chi connectivity index (χ1v) is 10.9. The van der Waals surface area contributed by atoms with E-state index in [9.17, 15) is 13.2 Å². The van der Waals surface area contributed by atoms with Crippen LogP contribution in [0, 0.1) is 17.8 Å². The van der Waals surface area contributed by atoms with Gasteiger partial charge in [-0.3, -0.25) is 0 Å². The average Bonchev–Trinajstić information content (AvgIpc) is 3.22. The molecule has 3 nitrogen and oxygen atoms in total. The molecule has 7 rings (SSSR count). The molecule has 0 saturated heterocycles. The molecule has 1 aliphatic heterocycles. The third-order valence-electron chi connectivity index (χ3n) is 7.69. The van der Waals surface area contributed by atoms with Crippen LogP contribution in [-0.4, -0.2) is 16.3 Å². The zero-order chi connectivity index (χ0) is 20.0. The van der Waals surface area contributed by atoms with Crippen LogP contribution in [0.4, 0.5) is 19.0 Å². The average molecular weight is 422 g/mol. The minimum atomic E-state index is -4.41. The summed E-state index contributed by atoms with van der Waals surface area (Å²) >= 11 is 6.35. The standard InChI is InChI=1S/C22H23ClF3N3/c23-17-2-1-15(22(24,25)26)8-18(17)29-20-16(3-4-27-20)19(28-29)21-9-12-5-13(10-21)7-14(6-12)11-21/h1-2,8,12-14,27H,3-7,9-11H2. The Bertz CT molecular complexity index is 959. The van der Waals surface area contributed by atoms with Crippen LogP contribution in [0.15, 0.2) is 18.2 Å². The molecular weight excluding hydrogens is 399 g/mol. The van der Waals surface area contributed by atoms with Crippen molar-refractivity contribution in [3.05, 3.63) is 40.0 Å². The van der Waals surface area contributed by atoms with E-state index in [1.54, 1.807) is 4.68 Å². The molecule has 4 aliphatic carbocycles. The molecule has 0 unspecified atom stereocenters. The van der Waals surface area contributed by atoms with Gasteiger partial charge in [-0.2, -0.15) is 18.3 Å². The second kappa shape index (κ2) is 5.93. The third kappa shape index (κ3) is 2.67. The molecule has 0 radical (unpaired) electrons. The van der Waals surface area contributed by atoms with Crippen molar-refractivity contribution in [2.24, 2.45) is 17.8 Å². The maximum Gasteiger partial charge on any atom is 0.416 e. The van der Waals surface area contributed by atoms with Crippen LogP contribution in [0.25, 0.3) is 5.69 Å². The number of rotatable bonds is 2. The van der Waals surface area contributed by atoms with E-state index in [4.69, 9.17) is 16.7 Å². The summed E-state index contributed by atoms with van der Waals surface area (Å²) in [6, 6.07) is 3.48. The lowest BCUT2D eigenvalue weighted by atomic mass is 9.48. The Morgan fingerprint density at radius 2 is 1.72 bits per heavy atom. The molecule has 2 aromatic rings. The summed E-state index contributed by atoms with van der Waals surface area (Å²) in [6.45, 7) is 0.795. The molecule has 4 bridgehead atoms. The van der Waals surface area contributed by atoms with E-state index in [2.05, 4.69) is 5.32 Å². The Kier molecular flexibility index (Phi) is 3.70. The Morgan fingerprint density at radius 3 is 2.34 bits per heavy atom. The van der Waals surface area contributed by atoms with Crippen LogP contribution in [0.3, 0.4) is 0 Å². The van der Waals surface area contributed by atoms with Gasteiger partial charge >= 0.3 is 6.18 Å². The number of alkyl halides is 3. The van der Waals surface area contributed by atoms with Gasteiger partial charge in [0.2, 0.25) is 0 Å². The van der Waals surface area contributed by atoms with Gasteiger partial charge in [-0.15, -0.1) is 0 Å². The predicted octanol–water partition coefficient (Wildman–Crippen LogP) is 5.98. The number of hydrogen-bond acceptors (Lipinski definition) is 2. The lowest BCUT2D eigenvalue weighted by molar-refractivity contribution is -0.137. The molecule has 0 spiro atoms. The van der Waals surface area contributed by atoms with Crippen molar-refractivity contribution < 1.29 is 13.2 Å². The van der Waals surface area contributed by atoms with Crippen molar-refractivity contribution in [3.63, 3.8) is 0 Å². The predicted molar refractivity (Wildman–Crippen MR) is 106 cm³/mol. The maximum absolute atomic E-state index is 13.3. The molecule has 4 fully saturated rings. The summed E-state index contributed by atoms with van der Waals surface area (Å²) in [4.78, 5) is 0. The number of hydrogen-bond donors (Lipinski definition) is 1. The zero-order valence-corrected chi connectivity index (χ0v) is 16.8. The molecule has 4 saturated carbocycles. The van der Waals surface area contributed by atoms with E-state index in [0.717, 1.165) is 54.4 Å². The summed E-state index contributed by atoms with van der Waals surface area (Å²) in [5, 5.41) is 8.63. The minimum absolute atomic E-state index is 0.101. The van der Waals surface area contributed by atoms with E-state index in [1.165, 1.54) is 50.2 Å². The van der Waals surface area contributed by atoms with Gasteiger partial charge in [0.15, 0.2) is 0 Å². The van der Waals surface area contributed by atoms with E-state index in [1.807, 2.05) is 0 Å². The second-order valence-electron chi connectivity index (χ2n) is 9.63. The summed E-state index contributed by atoms with van der Waals surface area (Å²) < 4.78 is 41.6. The monoisotopic (exact) mass is 421 g/mol. The van der Waals surface area contributed by atoms with E-state index in [-0.39, 0.29) is 10.4 Å². The molecule has 0 atom stereocenters. The Morgan fingerprint density at radius 1 is 1.07 bits per heavy atom. The topological polar surface area (TPSA) is 29.9 Å². The molecule has 154 valence electrons. The number of halogens is 4. The summed E-state index contributed by atoms with van der Waals surface area (Å²) in [5.74, 6) is 3.19. The molecule has 1 aromatic heterocycles. The fourth-order valence-electron chi connectivity index (χ4n) is 7.03. The Balaban J connectivity index is 1.50. The highest BCUT2D eigenvalue weighted by molar-refractivity contribution is 6.32. The highest BCUT2D eigenvalue weighted by atomic mass is 35.5. The van der Waals surface area contributed by atoms with Crippen LogP contribution >= 0.6 is 11.6 Å². The second-order valence-corrected chi connectivity index (χ2v) is 10.0. The first kappa shape index (κ1) is 18.1. The summed E-state index contributed by atoms with van der Waals surface area (Å²) in [5.41, 5.74) is 2.04. The van der Waals surface area contributed by atoms with Crippen molar-refractivity contribution in [1.29, 1.82) is 0 Å². The molecule has 5 aliphatic rings. The number of nitrogens with one attached hydrogen (secondary N) is 1. The van der Waals surface area contributed by atoms with Crippen molar-refractivity contribution >= 4 is 17.4 Å². The van der Waals surface area contributed by atoms with Gasteiger partial charge in [-0.05, 0) is 80.9 Å². The highest BCUT2D eigenvalue weighted by Gasteiger charge is 2.54. The summed E-state index contributed by atoms with van der Waals surface area (Å²) in [7, 11) is 0. The van der Waals surface area contributed by atoms with Crippen LogP contribution in [0.5, 0.6) is 0 Å². The molecule has 1 N–H and O–H groups in total. The highest BCUT2D eigenvalue weighted by Crippen LogP contribution is 2.61.